The Morgan fingerprint density at radius 3 is 2.46 bits per heavy atom. The summed E-state index contributed by atoms with van der Waals surface area (Å²) in [6, 6.07) is 19.1. The van der Waals surface area contributed by atoms with Crippen molar-refractivity contribution in [2.45, 2.75) is 52.0 Å². The van der Waals surface area contributed by atoms with Gasteiger partial charge in [-0.15, -0.1) is 0 Å². The largest absolute Gasteiger partial charge is 0.494 e. The summed E-state index contributed by atoms with van der Waals surface area (Å²) in [4.78, 5) is 0. The Morgan fingerprint density at radius 2 is 1.62 bits per heavy atom. The lowest BCUT2D eigenvalue weighted by atomic mass is 10.1. The molecule has 0 bridgehead atoms. The van der Waals surface area contributed by atoms with E-state index in [0.29, 0.717) is 0 Å². The summed E-state index contributed by atoms with van der Waals surface area (Å²) < 4.78 is 5.87. The van der Waals surface area contributed by atoms with E-state index < -0.39 is 0 Å². The Hall–Kier alpha value is -1.80. The van der Waals surface area contributed by atoms with E-state index in [-0.39, 0.29) is 0 Å². The van der Waals surface area contributed by atoms with Crippen molar-refractivity contribution in [1.82, 2.24) is 5.32 Å². The summed E-state index contributed by atoms with van der Waals surface area (Å²) in [6.45, 7) is 4.96. The van der Waals surface area contributed by atoms with Crippen LogP contribution in [-0.4, -0.2) is 13.2 Å². The van der Waals surface area contributed by atoms with Gasteiger partial charge in [-0.1, -0.05) is 75.1 Å². The van der Waals surface area contributed by atoms with E-state index in [1.807, 2.05) is 0 Å². The Kier molecular flexibility index (Phi) is 9.03. The summed E-state index contributed by atoms with van der Waals surface area (Å²) in [7, 11) is 0. The van der Waals surface area contributed by atoms with Crippen LogP contribution >= 0.6 is 0 Å². The van der Waals surface area contributed by atoms with Crippen molar-refractivity contribution in [2.75, 3.05) is 13.2 Å². The van der Waals surface area contributed by atoms with Crippen LogP contribution in [0.5, 0.6) is 5.75 Å². The standard InChI is InChI=1S/C22H31NO/c1-2-3-4-5-9-17-24-22-14-10-13-21(18-22)19-23-16-15-20-11-7-6-8-12-20/h6-8,10-14,18,23H,2-5,9,15-17,19H2,1H3. The van der Waals surface area contributed by atoms with Gasteiger partial charge < -0.3 is 10.1 Å². The van der Waals surface area contributed by atoms with Crippen molar-refractivity contribution in [1.29, 1.82) is 0 Å². The zero-order valence-electron chi connectivity index (χ0n) is 15.0. The molecule has 0 aliphatic carbocycles. The maximum atomic E-state index is 5.87. The minimum atomic E-state index is 0.828. The number of unbranched alkanes of at least 4 members (excludes halogenated alkanes) is 4. The molecule has 2 heteroatoms. The first-order chi connectivity index (χ1) is 11.9. The third-order valence-electron chi connectivity index (χ3n) is 4.18. The molecule has 1 N–H and O–H groups in total. The van der Waals surface area contributed by atoms with Gasteiger partial charge in [-0.2, -0.15) is 0 Å². The van der Waals surface area contributed by atoms with Gasteiger partial charge in [0.1, 0.15) is 5.75 Å². The predicted octanol–water partition coefficient (Wildman–Crippen LogP) is 5.37. The average molecular weight is 325 g/mol. The van der Waals surface area contributed by atoms with Crippen LogP contribution in [0.3, 0.4) is 0 Å². The Bertz CT molecular complexity index is 553. The molecule has 2 aromatic rings. The molecule has 0 heterocycles. The van der Waals surface area contributed by atoms with E-state index >= 15 is 0 Å². The highest BCUT2D eigenvalue weighted by Crippen LogP contribution is 2.14. The summed E-state index contributed by atoms with van der Waals surface area (Å²) in [5, 5.41) is 3.51. The number of hydrogen-bond donors (Lipinski definition) is 1. The van der Waals surface area contributed by atoms with Gasteiger partial charge in [0.05, 0.1) is 6.61 Å². The number of benzene rings is 2. The summed E-state index contributed by atoms with van der Waals surface area (Å²) in [6.07, 6.45) is 7.44. The molecule has 0 saturated heterocycles. The Balaban J connectivity index is 1.63. The fourth-order valence-electron chi connectivity index (χ4n) is 2.75. The van der Waals surface area contributed by atoms with Crippen LogP contribution in [0.25, 0.3) is 0 Å². The normalized spacial score (nSPS) is 10.7. The zero-order valence-corrected chi connectivity index (χ0v) is 15.0. The number of nitrogens with one attached hydrogen (secondary N) is 1. The van der Waals surface area contributed by atoms with Crippen molar-refractivity contribution < 1.29 is 4.74 Å². The molecule has 0 spiro atoms. The van der Waals surface area contributed by atoms with E-state index in [4.69, 9.17) is 4.74 Å². The molecule has 0 radical (unpaired) electrons. The maximum absolute atomic E-state index is 5.87. The van der Waals surface area contributed by atoms with Gasteiger partial charge in [0.2, 0.25) is 0 Å². The van der Waals surface area contributed by atoms with Crippen LogP contribution in [0.4, 0.5) is 0 Å². The molecular weight excluding hydrogens is 294 g/mol. The second-order valence-electron chi connectivity index (χ2n) is 6.32. The SMILES string of the molecule is CCCCCCCOc1cccc(CNCCc2ccccc2)c1. The van der Waals surface area contributed by atoms with Gasteiger partial charge in [-0.3, -0.25) is 0 Å². The monoisotopic (exact) mass is 325 g/mol. The lowest BCUT2D eigenvalue weighted by molar-refractivity contribution is 0.304. The minimum Gasteiger partial charge on any atom is -0.494 e. The van der Waals surface area contributed by atoms with Crippen molar-refractivity contribution in [3.8, 4) is 5.75 Å². The van der Waals surface area contributed by atoms with Crippen LogP contribution in [0, 0.1) is 0 Å². The highest BCUT2D eigenvalue weighted by atomic mass is 16.5. The average Bonchev–Trinajstić information content (AvgIpc) is 2.63. The van der Waals surface area contributed by atoms with Crippen LogP contribution in [0.2, 0.25) is 0 Å². The van der Waals surface area contributed by atoms with E-state index in [1.54, 1.807) is 0 Å². The minimum absolute atomic E-state index is 0.828. The summed E-state index contributed by atoms with van der Waals surface area (Å²) >= 11 is 0. The molecule has 0 saturated carbocycles. The molecule has 0 atom stereocenters. The first-order valence-electron chi connectivity index (χ1n) is 9.35. The Morgan fingerprint density at radius 1 is 0.833 bits per heavy atom. The van der Waals surface area contributed by atoms with Crippen LogP contribution in [-0.2, 0) is 13.0 Å². The molecule has 0 fully saturated rings. The molecule has 24 heavy (non-hydrogen) atoms. The van der Waals surface area contributed by atoms with Crippen molar-refractivity contribution in [3.05, 3.63) is 65.7 Å². The van der Waals surface area contributed by atoms with Gasteiger partial charge in [-0.25, -0.2) is 0 Å². The maximum Gasteiger partial charge on any atom is 0.119 e. The molecule has 0 amide bonds. The van der Waals surface area contributed by atoms with Crippen molar-refractivity contribution >= 4 is 0 Å². The Labute approximate surface area is 147 Å². The molecule has 0 aliphatic rings. The van der Waals surface area contributed by atoms with E-state index in [9.17, 15) is 0 Å². The summed E-state index contributed by atoms with van der Waals surface area (Å²) in [5.74, 6) is 0.993. The second kappa shape index (κ2) is 11.7. The van der Waals surface area contributed by atoms with Crippen LogP contribution < -0.4 is 10.1 Å². The molecule has 2 rings (SSSR count). The second-order valence-corrected chi connectivity index (χ2v) is 6.32. The van der Waals surface area contributed by atoms with Gasteiger partial charge in [-0.05, 0) is 42.6 Å². The molecule has 130 valence electrons. The molecule has 0 aliphatic heterocycles. The zero-order chi connectivity index (χ0) is 16.9. The first-order valence-corrected chi connectivity index (χ1v) is 9.35. The first kappa shape index (κ1) is 18.5. The molecule has 2 nitrogen and oxygen atoms in total. The van der Waals surface area contributed by atoms with Gasteiger partial charge >= 0.3 is 0 Å². The van der Waals surface area contributed by atoms with Crippen molar-refractivity contribution in [2.24, 2.45) is 0 Å². The lowest BCUT2D eigenvalue weighted by Gasteiger charge is -2.09. The van der Waals surface area contributed by atoms with E-state index in [0.717, 1.165) is 38.3 Å². The van der Waals surface area contributed by atoms with Crippen LogP contribution in [0.1, 0.15) is 50.2 Å². The third kappa shape index (κ3) is 7.65. The quantitative estimate of drug-likeness (QED) is 0.530. The summed E-state index contributed by atoms with van der Waals surface area (Å²) in [5.41, 5.74) is 2.66. The fraction of sp³-hybridized carbons (Fsp3) is 0.455. The van der Waals surface area contributed by atoms with Crippen molar-refractivity contribution in [3.63, 3.8) is 0 Å². The molecule has 0 aromatic heterocycles. The number of ether oxygens (including phenoxy) is 1. The molecular formula is C22H31NO. The highest BCUT2D eigenvalue weighted by Gasteiger charge is 1.98. The number of rotatable bonds is 12. The predicted molar refractivity (Wildman–Crippen MR) is 103 cm³/mol. The topological polar surface area (TPSA) is 21.3 Å². The van der Waals surface area contributed by atoms with E-state index in [2.05, 4.69) is 66.8 Å². The fourth-order valence-corrected chi connectivity index (χ4v) is 2.75. The van der Waals surface area contributed by atoms with E-state index in [1.165, 1.54) is 36.8 Å². The van der Waals surface area contributed by atoms with Gasteiger partial charge in [0.15, 0.2) is 0 Å². The van der Waals surface area contributed by atoms with Crippen LogP contribution in [0.15, 0.2) is 54.6 Å². The highest BCUT2D eigenvalue weighted by molar-refractivity contribution is 5.28. The van der Waals surface area contributed by atoms with Gasteiger partial charge in [0, 0.05) is 6.54 Å². The smallest absolute Gasteiger partial charge is 0.119 e. The third-order valence-corrected chi connectivity index (χ3v) is 4.18. The lowest BCUT2D eigenvalue weighted by Crippen LogP contribution is -2.16. The number of hydrogen-bond acceptors (Lipinski definition) is 2. The molecule has 2 aromatic carbocycles. The molecule has 0 unspecified atom stereocenters. The van der Waals surface area contributed by atoms with Gasteiger partial charge in [0.25, 0.3) is 0 Å².